The smallest absolute Gasteiger partial charge is 0.152 e. The fourth-order valence-corrected chi connectivity index (χ4v) is 4.96. The standard InChI is InChI=1S/C23H32N8O/c1-14-11-31(12-15(2)28-14)19-4-7-24-21(30-19)16(3)29-23-20-18(17-5-8-32-9-6-17)10-25-22(20)26-13-27-23/h4,7,10,13-17,28H,5-6,8-9,11-12H2,1-3H3,(H2,25,26,27,29)/t14-,15+,16?. The molecule has 2 aliphatic rings. The van der Waals surface area contributed by atoms with Gasteiger partial charge in [0.15, 0.2) is 5.82 Å². The molecule has 0 saturated carbocycles. The SMILES string of the molecule is CC(Nc1ncnc2[nH]cc(C3CCOCC3)c12)c1nccc(N2C[C@@H](C)N[C@@H](C)C2)n1. The van der Waals surface area contributed by atoms with Gasteiger partial charge in [0.2, 0.25) is 0 Å². The summed E-state index contributed by atoms with van der Waals surface area (Å²) in [5.41, 5.74) is 2.12. The number of ether oxygens (including phenoxy) is 1. The van der Waals surface area contributed by atoms with Crippen molar-refractivity contribution in [2.45, 2.75) is 57.7 Å². The van der Waals surface area contributed by atoms with Crippen LogP contribution in [0.15, 0.2) is 24.8 Å². The van der Waals surface area contributed by atoms with Gasteiger partial charge in [-0.15, -0.1) is 0 Å². The molecule has 3 atom stereocenters. The molecule has 5 heterocycles. The topological polar surface area (TPSA) is 104 Å². The highest BCUT2D eigenvalue weighted by atomic mass is 16.5. The molecule has 5 rings (SSSR count). The van der Waals surface area contributed by atoms with Gasteiger partial charge in [-0.1, -0.05) is 0 Å². The number of anilines is 2. The van der Waals surface area contributed by atoms with Gasteiger partial charge >= 0.3 is 0 Å². The average molecular weight is 437 g/mol. The summed E-state index contributed by atoms with van der Waals surface area (Å²) >= 11 is 0. The molecule has 170 valence electrons. The maximum Gasteiger partial charge on any atom is 0.152 e. The molecule has 9 heteroatoms. The number of nitrogens with one attached hydrogen (secondary N) is 3. The third-order valence-corrected chi connectivity index (χ3v) is 6.44. The van der Waals surface area contributed by atoms with Gasteiger partial charge in [0, 0.05) is 50.8 Å². The first-order valence-electron chi connectivity index (χ1n) is 11.6. The second kappa shape index (κ2) is 8.99. The Bertz CT molecular complexity index is 1050. The second-order valence-electron chi connectivity index (χ2n) is 9.09. The third-order valence-electron chi connectivity index (χ3n) is 6.44. The van der Waals surface area contributed by atoms with Crippen LogP contribution in [0.25, 0.3) is 11.0 Å². The molecule has 0 amide bonds. The van der Waals surface area contributed by atoms with Crippen molar-refractivity contribution in [1.82, 2.24) is 30.2 Å². The van der Waals surface area contributed by atoms with E-state index in [1.54, 1.807) is 6.33 Å². The maximum atomic E-state index is 5.56. The molecule has 2 saturated heterocycles. The molecule has 0 radical (unpaired) electrons. The molecule has 0 bridgehead atoms. The fourth-order valence-electron chi connectivity index (χ4n) is 4.96. The second-order valence-corrected chi connectivity index (χ2v) is 9.09. The van der Waals surface area contributed by atoms with Gasteiger partial charge in [-0.05, 0) is 51.2 Å². The van der Waals surface area contributed by atoms with Gasteiger partial charge in [-0.25, -0.2) is 19.9 Å². The zero-order chi connectivity index (χ0) is 22.1. The Morgan fingerprint density at radius 1 is 1.12 bits per heavy atom. The third kappa shape index (κ3) is 4.27. The summed E-state index contributed by atoms with van der Waals surface area (Å²) < 4.78 is 5.56. The lowest BCUT2D eigenvalue weighted by atomic mass is 9.92. The Hall–Kier alpha value is -2.78. The summed E-state index contributed by atoms with van der Waals surface area (Å²) in [4.78, 5) is 24.2. The van der Waals surface area contributed by atoms with E-state index in [0.717, 1.165) is 67.6 Å². The molecule has 9 nitrogen and oxygen atoms in total. The predicted molar refractivity (Wildman–Crippen MR) is 125 cm³/mol. The van der Waals surface area contributed by atoms with Gasteiger partial charge in [0.25, 0.3) is 0 Å². The molecule has 2 aliphatic heterocycles. The van der Waals surface area contributed by atoms with Crippen LogP contribution in [0.5, 0.6) is 0 Å². The molecule has 0 spiro atoms. The van der Waals surface area contributed by atoms with Crippen molar-refractivity contribution in [3.05, 3.63) is 36.2 Å². The van der Waals surface area contributed by atoms with E-state index in [1.807, 2.05) is 12.3 Å². The van der Waals surface area contributed by atoms with Crippen LogP contribution in [0.1, 0.15) is 57.0 Å². The number of nitrogens with zero attached hydrogens (tertiary/aromatic N) is 5. The number of rotatable bonds is 5. The van der Waals surface area contributed by atoms with E-state index in [9.17, 15) is 0 Å². The molecule has 32 heavy (non-hydrogen) atoms. The summed E-state index contributed by atoms with van der Waals surface area (Å²) in [6.45, 7) is 9.98. The number of H-pyrrole nitrogens is 1. The van der Waals surface area contributed by atoms with Crippen LogP contribution in [0.4, 0.5) is 11.6 Å². The van der Waals surface area contributed by atoms with Crippen molar-refractivity contribution < 1.29 is 4.74 Å². The van der Waals surface area contributed by atoms with Crippen molar-refractivity contribution >= 4 is 22.7 Å². The summed E-state index contributed by atoms with van der Waals surface area (Å²) in [7, 11) is 0. The Kier molecular flexibility index (Phi) is 5.93. The van der Waals surface area contributed by atoms with Gasteiger partial charge in [0.1, 0.15) is 23.6 Å². The Balaban J connectivity index is 1.39. The molecular weight excluding hydrogens is 404 g/mol. The van der Waals surface area contributed by atoms with Gasteiger partial charge in [-0.2, -0.15) is 0 Å². The van der Waals surface area contributed by atoms with Crippen LogP contribution >= 0.6 is 0 Å². The maximum absolute atomic E-state index is 5.56. The van der Waals surface area contributed by atoms with Gasteiger partial charge in [-0.3, -0.25) is 0 Å². The number of hydrogen-bond donors (Lipinski definition) is 3. The van der Waals surface area contributed by atoms with Crippen molar-refractivity contribution in [1.29, 1.82) is 0 Å². The highest BCUT2D eigenvalue weighted by Gasteiger charge is 2.24. The lowest BCUT2D eigenvalue weighted by molar-refractivity contribution is 0.0856. The molecule has 3 aromatic heterocycles. The molecule has 0 aromatic carbocycles. The summed E-state index contributed by atoms with van der Waals surface area (Å²) in [6, 6.07) is 2.76. The van der Waals surface area contributed by atoms with Gasteiger partial charge < -0.3 is 25.3 Å². The van der Waals surface area contributed by atoms with Crippen LogP contribution in [-0.4, -0.2) is 63.3 Å². The lowest BCUT2D eigenvalue weighted by Crippen LogP contribution is -2.54. The van der Waals surface area contributed by atoms with Crippen LogP contribution in [0, 0.1) is 0 Å². The van der Waals surface area contributed by atoms with E-state index in [-0.39, 0.29) is 6.04 Å². The minimum Gasteiger partial charge on any atom is -0.381 e. The molecular formula is C23H32N8O. The minimum absolute atomic E-state index is 0.0942. The highest BCUT2D eigenvalue weighted by molar-refractivity contribution is 5.91. The minimum atomic E-state index is -0.0942. The first-order chi connectivity index (χ1) is 15.6. The van der Waals surface area contributed by atoms with Crippen molar-refractivity contribution in [2.75, 3.05) is 36.5 Å². The molecule has 2 fully saturated rings. The number of hydrogen-bond acceptors (Lipinski definition) is 8. The Morgan fingerprint density at radius 2 is 1.91 bits per heavy atom. The predicted octanol–water partition coefficient (Wildman–Crippen LogP) is 3.00. The van der Waals surface area contributed by atoms with Crippen molar-refractivity contribution in [3.63, 3.8) is 0 Å². The summed E-state index contributed by atoms with van der Waals surface area (Å²) in [6.07, 6.45) is 7.57. The van der Waals surface area contributed by atoms with Gasteiger partial charge in [0.05, 0.1) is 11.4 Å². The Morgan fingerprint density at radius 3 is 2.69 bits per heavy atom. The fraction of sp³-hybridized carbons (Fsp3) is 0.565. The highest BCUT2D eigenvalue weighted by Crippen LogP contribution is 2.35. The van der Waals surface area contributed by atoms with E-state index < -0.39 is 0 Å². The first kappa shape index (κ1) is 21.1. The Labute approximate surface area is 188 Å². The van der Waals surface area contributed by atoms with Crippen LogP contribution in [0.2, 0.25) is 0 Å². The van der Waals surface area contributed by atoms with E-state index in [4.69, 9.17) is 9.72 Å². The summed E-state index contributed by atoms with van der Waals surface area (Å²) in [5.74, 6) is 3.01. The zero-order valence-electron chi connectivity index (χ0n) is 19.0. The zero-order valence-corrected chi connectivity index (χ0v) is 19.0. The van der Waals surface area contributed by atoms with E-state index >= 15 is 0 Å². The molecule has 0 aliphatic carbocycles. The lowest BCUT2D eigenvalue weighted by Gasteiger charge is -2.37. The number of fused-ring (bicyclic) bond motifs is 1. The molecule has 3 N–H and O–H groups in total. The normalized spacial score (nSPS) is 23.4. The number of aromatic amines is 1. The monoisotopic (exact) mass is 436 g/mol. The van der Waals surface area contributed by atoms with Crippen molar-refractivity contribution in [3.8, 4) is 0 Å². The number of piperazine rings is 1. The molecule has 3 aromatic rings. The average Bonchev–Trinajstić information content (AvgIpc) is 3.24. The first-order valence-corrected chi connectivity index (χ1v) is 11.6. The molecule has 1 unspecified atom stereocenters. The van der Waals surface area contributed by atoms with Crippen LogP contribution in [0.3, 0.4) is 0 Å². The van der Waals surface area contributed by atoms with E-state index in [0.29, 0.717) is 18.0 Å². The van der Waals surface area contributed by atoms with E-state index in [2.05, 4.69) is 62.4 Å². The van der Waals surface area contributed by atoms with E-state index in [1.165, 1.54) is 5.56 Å². The quantitative estimate of drug-likeness (QED) is 0.561. The van der Waals surface area contributed by atoms with Crippen LogP contribution in [-0.2, 0) is 4.74 Å². The van der Waals surface area contributed by atoms with Crippen molar-refractivity contribution in [2.24, 2.45) is 0 Å². The summed E-state index contributed by atoms with van der Waals surface area (Å²) in [5, 5.41) is 8.19. The number of aromatic nitrogens is 5. The largest absolute Gasteiger partial charge is 0.381 e. The van der Waals surface area contributed by atoms with Crippen LogP contribution < -0.4 is 15.5 Å².